The number of halogens is 2. The normalized spacial score (nSPS) is 10.9. The fraction of sp³-hybridized carbons (Fsp3) is 0.391. The summed E-state index contributed by atoms with van der Waals surface area (Å²) in [4.78, 5) is 11.9. The molecule has 0 radical (unpaired) electrons. The minimum atomic E-state index is -0.464. The molecule has 7 heteroatoms. The van der Waals surface area contributed by atoms with Crippen LogP contribution in [0.15, 0.2) is 47.6 Å². The van der Waals surface area contributed by atoms with E-state index in [0.29, 0.717) is 28.1 Å². The van der Waals surface area contributed by atoms with Crippen molar-refractivity contribution in [3.63, 3.8) is 0 Å². The molecule has 0 aromatic heterocycles. The van der Waals surface area contributed by atoms with E-state index in [1.807, 2.05) is 12.1 Å². The molecule has 30 heavy (non-hydrogen) atoms. The van der Waals surface area contributed by atoms with Crippen molar-refractivity contribution in [2.45, 2.75) is 51.9 Å². The second kappa shape index (κ2) is 13.9. The zero-order valence-corrected chi connectivity index (χ0v) is 18.8. The zero-order chi connectivity index (χ0) is 21.6. The zero-order valence-electron chi connectivity index (χ0n) is 17.3. The molecule has 2 N–H and O–H groups in total. The van der Waals surface area contributed by atoms with Gasteiger partial charge < -0.3 is 10.1 Å². The predicted molar refractivity (Wildman–Crippen MR) is 126 cm³/mol. The first-order valence-corrected chi connectivity index (χ1v) is 11.1. The molecule has 162 valence electrons. The fourth-order valence-electron chi connectivity index (χ4n) is 2.85. The first kappa shape index (κ1) is 24.0. The van der Waals surface area contributed by atoms with Gasteiger partial charge in [-0.2, -0.15) is 5.10 Å². The van der Waals surface area contributed by atoms with Gasteiger partial charge >= 0.3 is 6.03 Å². The van der Waals surface area contributed by atoms with Crippen molar-refractivity contribution in [2.24, 2.45) is 5.10 Å². The van der Waals surface area contributed by atoms with Crippen molar-refractivity contribution in [2.75, 3.05) is 11.9 Å². The quantitative estimate of drug-likeness (QED) is 0.203. The van der Waals surface area contributed by atoms with E-state index in [1.54, 1.807) is 30.3 Å². The number of nitrogens with zero attached hydrogens (tertiary/aromatic N) is 1. The number of carbonyl (C=O) groups excluding carboxylic acids is 1. The Morgan fingerprint density at radius 2 is 1.80 bits per heavy atom. The highest BCUT2D eigenvalue weighted by Gasteiger charge is 2.03. The van der Waals surface area contributed by atoms with Gasteiger partial charge in [0.25, 0.3) is 0 Å². The molecule has 2 amide bonds. The second-order valence-corrected chi connectivity index (χ2v) is 7.84. The second-order valence-electron chi connectivity index (χ2n) is 6.99. The highest BCUT2D eigenvalue weighted by atomic mass is 35.5. The van der Waals surface area contributed by atoms with Crippen molar-refractivity contribution < 1.29 is 9.53 Å². The van der Waals surface area contributed by atoms with Crippen LogP contribution in [0.5, 0.6) is 5.75 Å². The third-order valence-electron chi connectivity index (χ3n) is 4.42. The van der Waals surface area contributed by atoms with Gasteiger partial charge in [0.2, 0.25) is 0 Å². The van der Waals surface area contributed by atoms with E-state index < -0.39 is 6.03 Å². The van der Waals surface area contributed by atoms with Crippen molar-refractivity contribution in [1.82, 2.24) is 5.43 Å². The van der Waals surface area contributed by atoms with Gasteiger partial charge in [0.1, 0.15) is 5.75 Å². The van der Waals surface area contributed by atoms with E-state index in [1.165, 1.54) is 44.7 Å². The fourth-order valence-corrected chi connectivity index (χ4v) is 3.28. The molecule has 0 saturated carbocycles. The lowest BCUT2D eigenvalue weighted by molar-refractivity contribution is 0.252. The molecule has 0 aliphatic heterocycles. The number of carbonyl (C=O) groups is 1. The summed E-state index contributed by atoms with van der Waals surface area (Å²) in [6, 6.07) is 11.8. The smallest absolute Gasteiger partial charge is 0.339 e. The summed E-state index contributed by atoms with van der Waals surface area (Å²) in [5.41, 5.74) is 3.74. The minimum absolute atomic E-state index is 0.464. The van der Waals surface area contributed by atoms with E-state index in [4.69, 9.17) is 27.9 Å². The lowest BCUT2D eigenvalue weighted by atomic mass is 10.1. The number of amides is 2. The highest BCUT2D eigenvalue weighted by molar-refractivity contribution is 6.32. The van der Waals surface area contributed by atoms with Gasteiger partial charge in [-0.25, -0.2) is 10.2 Å². The summed E-state index contributed by atoms with van der Waals surface area (Å²) in [6.07, 6.45) is 10.2. The molecule has 5 nitrogen and oxygen atoms in total. The Hall–Kier alpha value is -2.24. The lowest BCUT2D eigenvalue weighted by Gasteiger charge is -2.08. The molecule has 0 fully saturated rings. The van der Waals surface area contributed by atoms with Gasteiger partial charge in [0.15, 0.2) is 0 Å². The van der Waals surface area contributed by atoms with Crippen LogP contribution in [0.1, 0.15) is 57.4 Å². The molecular formula is C23H29Cl2N3O2. The lowest BCUT2D eigenvalue weighted by Crippen LogP contribution is -2.24. The van der Waals surface area contributed by atoms with Crippen LogP contribution in [-0.4, -0.2) is 18.9 Å². The number of benzene rings is 2. The first-order chi connectivity index (χ1) is 14.6. The Kier molecular flexibility index (Phi) is 11.1. The SMILES string of the molecule is CCCCCCCCCOc1ccc(/C=N\NC(=O)Nc2cccc(Cl)c2)cc1Cl. The van der Waals surface area contributed by atoms with Gasteiger partial charge in [-0.3, -0.25) is 0 Å². The highest BCUT2D eigenvalue weighted by Crippen LogP contribution is 2.25. The summed E-state index contributed by atoms with van der Waals surface area (Å²) in [7, 11) is 0. The monoisotopic (exact) mass is 449 g/mol. The minimum Gasteiger partial charge on any atom is -0.492 e. The Morgan fingerprint density at radius 3 is 2.53 bits per heavy atom. The van der Waals surface area contributed by atoms with Crippen molar-refractivity contribution >= 4 is 41.1 Å². The van der Waals surface area contributed by atoms with Crippen LogP contribution in [-0.2, 0) is 0 Å². The maximum atomic E-state index is 11.9. The van der Waals surface area contributed by atoms with E-state index >= 15 is 0 Å². The van der Waals surface area contributed by atoms with Gasteiger partial charge in [-0.1, -0.05) is 74.7 Å². The Balaban J connectivity index is 1.70. The topological polar surface area (TPSA) is 62.7 Å². The van der Waals surface area contributed by atoms with Crippen molar-refractivity contribution in [3.05, 3.63) is 58.1 Å². The summed E-state index contributed by atoms with van der Waals surface area (Å²) in [6.45, 7) is 2.89. The average molecular weight is 450 g/mol. The van der Waals surface area contributed by atoms with Crippen molar-refractivity contribution in [1.29, 1.82) is 0 Å². The number of hydrogen-bond acceptors (Lipinski definition) is 3. The maximum Gasteiger partial charge on any atom is 0.339 e. The molecule has 0 heterocycles. The summed E-state index contributed by atoms with van der Waals surface area (Å²) in [5, 5.41) is 7.63. The number of nitrogens with one attached hydrogen (secondary N) is 2. The molecule has 0 aliphatic carbocycles. The third-order valence-corrected chi connectivity index (χ3v) is 4.95. The standard InChI is InChI=1S/C23H29Cl2N3O2/c1-2-3-4-5-6-7-8-14-30-22-13-12-18(15-21(22)25)17-26-28-23(29)27-20-11-9-10-19(24)16-20/h9-13,15-17H,2-8,14H2,1H3,(H2,27,28,29)/b26-17-. The van der Waals surface area contributed by atoms with Crippen LogP contribution in [0.4, 0.5) is 10.5 Å². The van der Waals surface area contributed by atoms with E-state index in [-0.39, 0.29) is 0 Å². The largest absolute Gasteiger partial charge is 0.492 e. The molecule has 2 aromatic rings. The van der Waals surface area contributed by atoms with Gasteiger partial charge in [0, 0.05) is 10.7 Å². The first-order valence-electron chi connectivity index (χ1n) is 10.4. The number of anilines is 1. The van der Waals surface area contributed by atoms with Crippen molar-refractivity contribution in [3.8, 4) is 5.75 Å². The molecule has 2 rings (SSSR count). The summed E-state index contributed by atoms with van der Waals surface area (Å²) < 4.78 is 5.77. The number of hydrogen-bond donors (Lipinski definition) is 2. The van der Waals surface area contributed by atoms with Crippen LogP contribution in [0.3, 0.4) is 0 Å². The van der Waals surface area contributed by atoms with Gasteiger partial charge in [-0.05, 0) is 48.4 Å². The number of hydrazone groups is 1. The third kappa shape index (κ3) is 9.51. The Morgan fingerprint density at radius 1 is 1.03 bits per heavy atom. The molecular weight excluding hydrogens is 421 g/mol. The van der Waals surface area contributed by atoms with Crippen LogP contribution in [0.2, 0.25) is 10.0 Å². The summed E-state index contributed by atoms with van der Waals surface area (Å²) >= 11 is 12.2. The Bertz CT molecular complexity index is 828. The molecule has 0 bridgehead atoms. The number of unbranched alkanes of at least 4 members (excludes halogenated alkanes) is 6. The van der Waals surface area contributed by atoms with Gasteiger partial charge in [0.05, 0.1) is 17.8 Å². The molecule has 0 spiro atoms. The maximum absolute atomic E-state index is 11.9. The molecule has 0 saturated heterocycles. The number of urea groups is 1. The number of ether oxygens (including phenoxy) is 1. The summed E-state index contributed by atoms with van der Waals surface area (Å²) in [5.74, 6) is 0.659. The predicted octanol–water partition coefficient (Wildman–Crippen LogP) is 7.28. The van der Waals surface area contributed by atoms with Crippen LogP contribution in [0.25, 0.3) is 0 Å². The van der Waals surface area contributed by atoms with E-state index in [2.05, 4.69) is 22.8 Å². The van der Waals surface area contributed by atoms with Crippen LogP contribution < -0.4 is 15.5 Å². The van der Waals surface area contributed by atoms with E-state index in [9.17, 15) is 4.79 Å². The van der Waals surface area contributed by atoms with Gasteiger partial charge in [-0.15, -0.1) is 0 Å². The average Bonchev–Trinajstić information content (AvgIpc) is 2.71. The molecule has 0 aliphatic rings. The van der Waals surface area contributed by atoms with Crippen LogP contribution >= 0.6 is 23.2 Å². The van der Waals surface area contributed by atoms with Crippen LogP contribution in [0, 0.1) is 0 Å². The van der Waals surface area contributed by atoms with E-state index in [0.717, 1.165) is 12.0 Å². The molecule has 2 aromatic carbocycles. The molecule has 0 atom stereocenters. The molecule has 0 unspecified atom stereocenters. The Labute approximate surface area is 188 Å². The number of rotatable bonds is 12.